The predicted molar refractivity (Wildman–Crippen MR) is 78.6 cm³/mol. The maximum absolute atomic E-state index is 11.9. The van der Waals surface area contributed by atoms with Gasteiger partial charge in [0.15, 0.2) is 0 Å². The van der Waals surface area contributed by atoms with Crippen molar-refractivity contribution in [3.05, 3.63) is 0 Å². The Kier molecular flexibility index (Phi) is 12.0. The molecule has 0 aromatic rings. The maximum atomic E-state index is 11.9. The first kappa shape index (κ1) is 18.7. The molecule has 5 nitrogen and oxygen atoms in total. The van der Waals surface area contributed by atoms with Crippen LogP contribution in [0.3, 0.4) is 0 Å². The number of hydrogen-bond acceptors (Lipinski definition) is 4. The molecule has 0 aliphatic carbocycles. The molecule has 0 saturated heterocycles. The number of carbonyl (C=O) groups excluding carboxylic acids is 2. The molecule has 1 amide bonds. The van der Waals surface area contributed by atoms with E-state index in [0.29, 0.717) is 19.6 Å². The van der Waals surface area contributed by atoms with Crippen molar-refractivity contribution in [3.8, 4) is 0 Å². The Morgan fingerprint density at radius 1 is 0.900 bits per heavy atom. The average Bonchev–Trinajstić information content (AvgIpc) is 2.43. The summed E-state index contributed by atoms with van der Waals surface area (Å²) < 4.78 is 10.2. The molecule has 5 heteroatoms. The lowest BCUT2D eigenvalue weighted by Crippen LogP contribution is -2.42. The molecule has 0 heterocycles. The summed E-state index contributed by atoms with van der Waals surface area (Å²) in [5, 5.41) is 2.60. The lowest BCUT2D eigenvalue weighted by molar-refractivity contribution is -0.146. The zero-order chi connectivity index (χ0) is 15.2. The standard InChI is InChI=1S/C15H29NO4/c1-4-7-10-13(14(17)19-11-8-5-2)16-15(18)20-12-9-6-3/h13H,4-12H2,1-3H3,(H,16,18). The second-order valence-corrected chi connectivity index (χ2v) is 4.85. The molecule has 118 valence electrons. The summed E-state index contributed by atoms with van der Waals surface area (Å²) >= 11 is 0. The normalized spacial score (nSPS) is 11.8. The van der Waals surface area contributed by atoms with E-state index in [1.165, 1.54) is 0 Å². The van der Waals surface area contributed by atoms with Crippen LogP contribution in [-0.4, -0.2) is 31.3 Å². The molecule has 0 aliphatic rings. The van der Waals surface area contributed by atoms with E-state index in [-0.39, 0.29) is 5.97 Å². The third kappa shape index (κ3) is 9.64. The third-order valence-corrected chi connectivity index (χ3v) is 2.90. The average molecular weight is 287 g/mol. The number of hydrogen-bond donors (Lipinski definition) is 1. The van der Waals surface area contributed by atoms with Crippen LogP contribution in [0, 0.1) is 0 Å². The molecule has 0 spiro atoms. The minimum Gasteiger partial charge on any atom is -0.464 e. The van der Waals surface area contributed by atoms with E-state index in [2.05, 4.69) is 5.32 Å². The number of amides is 1. The fraction of sp³-hybridized carbons (Fsp3) is 0.867. The van der Waals surface area contributed by atoms with Crippen LogP contribution < -0.4 is 5.32 Å². The minimum absolute atomic E-state index is 0.362. The lowest BCUT2D eigenvalue weighted by Gasteiger charge is -2.17. The van der Waals surface area contributed by atoms with Crippen molar-refractivity contribution in [2.75, 3.05) is 13.2 Å². The summed E-state index contributed by atoms with van der Waals surface area (Å²) in [4.78, 5) is 23.5. The van der Waals surface area contributed by atoms with Gasteiger partial charge in [-0.25, -0.2) is 9.59 Å². The number of unbranched alkanes of at least 4 members (excludes halogenated alkanes) is 3. The lowest BCUT2D eigenvalue weighted by atomic mass is 10.1. The summed E-state index contributed by atoms with van der Waals surface area (Å²) in [6, 6.07) is -0.596. The van der Waals surface area contributed by atoms with Gasteiger partial charge in [0.2, 0.25) is 0 Å². The summed E-state index contributed by atoms with van der Waals surface area (Å²) in [6.07, 6.45) is 5.48. The Balaban J connectivity index is 4.17. The number of carbonyl (C=O) groups is 2. The Hall–Kier alpha value is -1.26. The van der Waals surface area contributed by atoms with Gasteiger partial charge in [-0.15, -0.1) is 0 Å². The van der Waals surface area contributed by atoms with E-state index < -0.39 is 12.1 Å². The number of nitrogens with one attached hydrogen (secondary N) is 1. The van der Waals surface area contributed by atoms with Crippen LogP contribution in [-0.2, 0) is 14.3 Å². The Morgan fingerprint density at radius 2 is 1.45 bits per heavy atom. The highest BCUT2D eigenvalue weighted by molar-refractivity contribution is 5.81. The van der Waals surface area contributed by atoms with Gasteiger partial charge in [-0.2, -0.15) is 0 Å². The smallest absolute Gasteiger partial charge is 0.407 e. The van der Waals surface area contributed by atoms with Crippen LogP contribution in [0.25, 0.3) is 0 Å². The number of esters is 1. The van der Waals surface area contributed by atoms with Gasteiger partial charge in [0, 0.05) is 0 Å². The molecule has 0 aromatic carbocycles. The van der Waals surface area contributed by atoms with Gasteiger partial charge in [0.05, 0.1) is 13.2 Å². The quantitative estimate of drug-likeness (QED) is 0.467. The fourth-order valence-corrected chi connectivity index (χ4v) is 1.57. The molecule has 0 saturated carbocycles. The molecule has 0 aromatic heterocycles. The Bertz CT molecular complexity index is 269. The largest absolute Gasteiger partial charge is 0.464 e. The van der Waals surface area contributed by atoms with Crippen molar-refractivity contribution in [2.45, 2.75) is 71.8 Å². The summed E-state index contributed by atoms with van der Waals surface area (Å²) in [7, 11) is 0. The van der Waals surface area contributed by atoms with Crippen LogP contribution >= 0.6 is 0 Å². The van der Waals surface area contributed by atoms with Gasteiger partial charge in [-0.05, 0) is 19.3 Å². The number of rotatable bonds is 11. The zero-order valence-electron chi connectivity index (χ0n) is 13.1. The SMILES string of the molecule is CCCCOC(=O)NC(CCCC)C(=O)OCCCC. The maximum Gasteiger partial charge on any atom is 0.407 e. The highest BCUT2D eigenvalue weighted by Crippen LogP contribution is 2.04. The molecule has 1 N–H and O–H groups in total. The summed E-state index contributed by atoms with van der Waals surface area (Å²) in [5.41, 5.74) is 0. The fourth-order valence-electron chi connectivity index (χ4n) is 1.57. The van der Waals surface area contributed by atoms with Crippen LogP contribution in [0.15, 0.2) is 0 Å². The van der Waals surface area contributed by atoms with Gasteiger partial charge < -0.3 is 14.8 Å². The van der Waals surface area contributed by atoms with E-state index >= 15 is 0 Å². The van der Waals surface area contributed by atoms with Crippen molar-refractivity contribution >= 4 is 12.1 Å². The van der Waals surface area contributed by atoms with Crippen molar-refractivity contribution in [2.24, 2.45) is 0 Å². The highest BCUT2D eigenvalue weighted by Gasteiger charge is 2.22. The molecule has 0 radical (unpaired) electrons. The van der Waals surface area contributed by atoms with Crippen LogP contribution in [0.1, 0.15) is 65.7 Å². The van der Waals surface area contributed by atoms with Crippen molar-refractivity contribution in [1.29, 1.82) is 0 Å². The second kappa shape index (κ2) is 12.8. The number of alkyl carbamates (subject to hydrolysis) is 1. The van der Waals surface area contributed by atoms with Gasteiger partial charge in [-0.1, -0.05) is 46.5 Å². The Labute approximate surface area is 122 Å². The van der Waals surface area contributed by atoms with Gasteiger partial charge in [0.25, 0.3) is 0 Å². The van der Waals surface area contributed by atoms with Gasteiger partial charge in [-0.3, -0.25) is 0 Å². The predicted octanol–water partition coefficient (Wildman–Crippen LogP) is 3.41. The summed E-state index contributed by atoms with van der Waals surface area (Å²) in [6.45, 7) is 6.89. The van der Waals surface area contributed by atoms with E-state index in [0.717, 1.165) is 38.5 Å². The monoisotopic (exact) mass is 287 g/mol. The van der Waals surface area contributed by atoms with Crippen molar-refractivity contribution in [1.82, 2.24) is 5.32 Å². The van der Waals surface area contributed by atoms with Crippen LogP contribution in [0.2, 0.25) is 0 Å². The van der Waals surface area contributed by atoms with E-state index in [4.69, 9.17) is 9.47 Å². The zero-order valence-corrected chi connectivity index (χ0v) is 13.1. The highest BCUT2D eigenvalue weighted by atomic mass is 16.6. The molecule has 1 atom stereocenters. The first-order valence-electron chi connectivity index (χ1n) is 7.75. The molecule has 0 aliphatic heterocycles. The molecule has 20 heavy (non-hydrogen) atoms. The van der Waals surface area contributed by atoms with Crippen LogP contribution in [0.5, 0.6) is 0 Å². The van der Waals surface area contributed by atoms with Gasteiger partial charge in [0.1, 0.15) is 6.04 Å². The molecular formula is C15H29NO4. The topological polar surface area (TPSA) is 64.6 Å². The molecule has 0 bridgehead atoms. The number of ether oxygens (including phenoxy) is 2. The van der Waals surface area contributed by atoms with E-state index in [1.54, 1.807) is 0 Å². The molecule has 0 rings (SSSR count). The Morgan fingerprint density at radius 3 is 2.00 bits per heavy atom. The van der Waals surface area contributed by atoms with Crippen molar-refractivity contribution in [3.63, 3.8) is 0 Å². The third-order valence-electron chi connectivity index (χ3n) is 2.90. The minimum atomic E-state index is -0.596. The first-order chi connectivity index (χ1) is 9.65. The van der Waals surface area contributed by atoms with Gasteiger partial charge >= 0.3 is 12.1 Å². The summed E-state index contributed by atoms with van der Waals surface area (Å²) in [5.74, 6) is -0.362. The second-order valence-electron chi connectivity index (χ2n) is 4.85. The molecular weight excluding hydrogens is 258 g/mol. The van der Waals surface area contributed by atoms with E-state index in [1.807, 2.05) is 20.8 Å². The molecule has 0 fully saturated rings. The van der Waals surface area contributed by atoms with E-state index in [9.17, 15) is 9.59 Å². The molecule has 1 unspecified atom stereocenters. The van der Waals surface area contributed by atoms with Crippen molar-refractivity contribution < 1.29 is 19.1 Å². The van der Waals surface area contributed by atoms with Crippen LogP contribution in [0.4, 0.5) is 4.79 Å². The first-order valence-corrected chi connectivity index (χ1v) is 7.75.